The van der Waals surface area contributed by atoms with Gasteiger partial charge in [0.1, 0.15) is 0 Å². The third-order valence-electron chi connectivity index (χ3n) is 4.86. The molecule has 1 N–H and O–H groups in total. The monoisotopic (exact) mass is 257 g/mol. The van der Waals surface area contributed by atoms with E-state index in [0.717, 1.165) is 12.1 Å². The zero-order chi connectivity index (χ0) is 13.0. The van der Waals surface area contributed by atoms with Crippen molar-refractivity contribution in [1.29, 1.82) is 0 Å². The molecule has 4 rings (SSSR count). The predicted molar refractivity (Wildman–Crippen MR) is 69.4 cm³/mol. The maximum Gasteiger partial charge on any atom is 0.157 e. The standard InChI is InChI=1S/C14H15N3O2/c18-11-2-1-9-5-10-6-15-3-4-17(10)8-14(9)12(19)7-16-13(11)14/h3-6,9,13,16H,1-2,7-8H2. The van der Waals surface area contributed by atoms with Gasteiger partial charge >= 0.3 is 0 Å². The summed E-state index contributed by atoms with van der Waals surface area (Å²) in [5.74, 6) is 0.525. The number of Topliss-reactive ketones (excluding diaryl/α,β-unsaturated/α-hetero) is 2. The van der Waals surface area contributed by atoms with Gasteiger partial charge in [-0.15, -0.1) is 0 Å². The molecule has 0 aromatic carbocycles. The van der Waals surface area contributed by atoms with Crippen molar-refractivity contribution in [1.82, 2.24) is 10.2 Å². The fourth-order valence-corrected chi connectivity index (χ4v) is 3.92. The molecule has 98 valence electrons. The lowest BCUT2D eigenvalue weighted by atomic mass is 9.60. The molecule has 19 heavy (non-hydrogen) atoms. The van der Waals surface area contributed by atoms with Gasteiger partial charge in [-0.05, 0) is 12.3 Å². The van der Waals surface area contributed by atoms with Gasteiger partial charge < -0.3 is 4.90 Å². The predicted octanol–water partition coefficient (Wildman–Crippen LogP) is 0.248. The number of hydrogen-bond donors (Lipinski definition) is 1. The minimum atomic E-state index is -0.561. The summed E-state index contributed by atoms with van der Waals surface area (Å²) < 4.78 is 0. The van der Waals surface area contributed by atoms with Crippen molar-refractivity contribution < 1.29 is 9.59 Å². The summed E-state index contributed by atoms with van der Waals surface area (Å²) in [7, 11) is 0. The minimum absolute atomic E-state index is 0.155. The number of ketones is 2. The van der Waals surface area contributed by atoms with E-state index in [4.69, 9.17) is 0 Å². The lowest BCUT2D eigenvalue weighted by Crippen LogP contribution is -2.59. The van der Waals surface area contributed by atoms with Crippen molar-refractivity contribution in [2.24, 2.45) is 16.3 Å². The average molecular weight is 257 g/mol. The average Bonchev–Trinajstić information content (AvgIpc) is 2.75. The molecule has 2 fully saturated rings. The maximum absolute atomic E-state index is 12.5. The summed E-state index contributed by atoms with van der Waals surface area (Å²) in [5, 5.41) is 3.13. The molecule has 3 atom stereocenters. The molecule has 5 heteroatoms. The molecule has 0 amide bonds. The third kappa shape index (κ3) is 1.31. The second-order valence-corrected chi connectivity index (χ2v) is 5.68. The Bertz CT molecular complexity index is 563. The summed E-state index contributed by atoms with van der Waals surface area (Å²) in [4.78, 5) is 30.8. The van der Waals surface area contributed by atoms with E-state index in [1.165, 1.54) is 0 Å². The van der Waals surface area contributed by atoms with Crippen molar-refractivity contribution in [2.75, 3.05) is 13.1 Å². The number of rotatable bonds is 0. The van der Waals surface area contributed by atoms with E-state index in [2.05, 4.69) is 16.4 Å². The molecular formula is C14H15N3O2. The number of fused-ring (bicyclic) bond motifs is 1. The fourth-order valence-electron chi connectivity index (χ4n) is 3.92. The molecule has 1 saturated carbocycles. The Morgan fingerprint density at radius 2 is 2.32 bits per heavy atom. The summed E-state index contributed by atoms with van der Waals surface area (Å²) in [6.07, 6.45) is 8.90. The lowest BCUT2D eigenvalue weighted by Gasteiger charge is -2.48. The number of nitrogens with zero attached hydrogens (tertiary/aromatic N) is 2. The number of carbonyl (C=O) groups is 2. The van der Waals surface area contributed by atoms with Crippen LogP contribution in [0, 0.1) is 11.3 Å². The molecule has 4 aliphatic rings. The van der Waals surface area contributed by atoms with E-state index in [1.54, 1.807) is 6.20 Å². The lowest BCUT2D eigenvalue weighted by molar-refractivity contribution is -0.138. The third-order valence-corrected chi connectivity index (χ3v) is 4.86. The summed E-state index contributed by atoms with van der Waals surface area (Å²) in [6, 6.07) is -0.302. The molecule has 1 aliphatic carbocycles. The normalized spacial score (nSPS) is 39.8. The molecule has 1 saturated heterocycles. The van der Waals surface area contributed by atoms with E-state index in [1.807, 2.05) is 17.3 Å². The Balaban J connectivity index is 1.84. The first-order valence-electron chi connectivity index (χ1n) is 6.69. The van der Waals surface area contributed by atoms with Crippen LogP contribution < -0.4 is 5.32 Å². The molecule has 0 aromatic heterocycles. The largest absolute Gasteiger partial charge is 0.344 e. The van der Waals surface area contributed by atoms with E-state index in [-0.39, 0.29) is 23.5 Å². The molecular weight excluding hydrogens is 242 g/mol. The Labute approximate surface area is 111 Å². The molecule has 0 radical (unpaired) electrons. The number of carbonyl (C=O) groups excluding carboxylic acids is 2. The summed E-state index contributed by atoms with van der Waals surface area (Å²) in [6.45, 7) is 0.913. The second-order valence-electron chi connectivity index (χ2n) is 5.68. The molecule has 1 spiro atoms. The van der Waals surface area contributed by atoms with Crippen LogP contribution in [0.4, 0.5) is 0 Å². The van der Waals surface area contributed by atoms with E-state index in [9.17, 15) is 9.59 Å². The van der Waals surface area contributed by atoms with E-state index in [0.29, 0.717) is 19.5 Å². The van der Waals surface area contributed by atoms with Crippen molar-refractivity contribution in [2.45, 2.75) is 18.9 Å². The smallest absolute Gasteiger partial charge is 0.157 e. The molecule has 3 unspecified atom stereocenters. The van der Waals surface area contributed by atoms with E-state index >= 15 is 0 Å². The zero-order valence-corrected chi connectivity index (χ0v) is 10.5. The van der Waals surface area contributed by atoms with Crippen molar-refractivity contribution in [3.05, 3.63) is 24.2 Å². The highest BCUT2D eigenvalue weighted by atomic mass is 16.1. The quantitative estimate of drug-likeness (QED) is 0.675. The van der Waals surface area contributed by atoms with Crippen LogP contribution in [0.2, 0.25) is 0 Å². The van der Waals surface area contributed by atoms with Crippen LogP contribution >= 0.6 is 0 Å². The van der Waals surface area contributed by atoms with Gasteiger partial charge in [-0.2, -0.15) is 0 Å². The minimum Gasteiger partial charge on any atom is -0.344 e. The molecule has 3 heterocycles. The van der Waals surface area contributed by atoms with Gasteiger partial charge in [0.25, 0.3) is 0 Å². The number of allylic oxidation sites excluding steroid dienone is 2. The van der Waals surface area contributed by atoms with Gasteiger partial charge in [0.2, 0.25) is 0 Å². The van der Waals surface area contributed by atoms with Gasteiger partial charge in [0, 0.05) is 25.4 Å². The fraction of sp³-hybridized carbons (Fsp3) is 0.500. The van der Waals surface area contributed by atoms with Crippen molar-refractivity contribution in [3.8, 4) is 0 Å². The maximum atomic E-state index is 12.5. The van der Waals surface area contributed by atoms with Gasteiger partial charge in [-0.1, -0.05) is 6.08 Å². The molecule has 5 nitrogen and oxygen atoms in total. The van der Waals surface area contributed by atoms with Crippen LogP contribution in [-0.4, -0.2) is 41.8 Å². The van der Waals surface area contributed by atoms with Crippen LogP contribution in [0.1, 0.15) is 12.8 Å². The summed E-state index contributed by atoms with van der Waals surface area (Å²) in [5.41, 5.74) is 0.486. The Kier molecular flexibility index (Phi) is 2.12. The van der Waals surface area contributed by atoms with Gasteiger partial charge in [-0.25, -0.2) is 0 Å². The van der Waals surface area contributed by atoms with Gasteiger partial charge in [-0.3, -0.25) is 19.9 Å². The first-order chi connectivity index (χ1) is 9.22. The first kappa shape index (κ1) is 11.1. The Hall–Kier alpha value is -1.75. The van der Waals surface area contributed by atoms with Crippen LogP contribution in [0.25, 0.3) is 0 Å². The topological polar surface area (TPSA) is 61.8 Å². The second kappa shape index (κ2) is 3.63. The van der Waals surface area contributed by atoms with Crippen LogP contribution in [0.3, 0.4) is 0 Å². The molecule has 0 bridgehead atoms. The number of aliphatic imine (C=N–C) groups is 1. The SMILES string of the molecule is O=C1CCC2C=C3C=NC=CN3CC23C(=O)CNC13. The highest BCUT2D eigenvalue weighted by molar-refractivity contribution is 6.01. The molecule has 3 aliphatic heterocycles. The Morgan fingerprint density at radius 1 is 1.42 bits per heavy atom. The highest BCUT2D eigenvalue weighted by Gasteiger charge is 2.60. The van der Waals surface area contributed by atoms with Crippen LogP contribution in [0.5, 0.6) is 0 Å². The Morgan fingerprint density at radius 3 is 3.21 bits per heavy atom. The van der Waals surface area contributed by atoms with Crippen LogP contribution in [0.15, 0.2) is 29.2 Å². The number of nitrogens with one attached hydrogen (secondary N) is 1. The summed E-state index contributed by atoms with van der Waals surface area (Å²) >= 11 is 0. The van der Waals surface area contributed by atoms with Gasteiger partial charge in [0.15, 0.2) is 11.6 Å². The van der Waals surface area contributed by atoms with Crippen molar-refractivity contribution in [3.63, 3.8) is 0 Å². The van der Waals surface area contributed by atoms with Crippen LogP contribution in [-0.2, 0) is 9.59 Å². The zero-order valence-electron chi connectivity index (χ0n) is 10.5. The molecule has 0 aromatic rings. The first-order valence-corrected chi connectivity index (χ1v) is 6.69. The van der Waals surface area contributed by atoms with Crippen molar-refractivity contribution >= 4 is 17.8 Å². The van der Waals surface area contributed by atoms with E-state index < -0.39 is 5.41 Å². The highest BCUT2D eigenvalue weighted by Crippen LogP contribution is 2.48. The van der Waals surface area contributed by atoms with Gasteiger partial charge in [0.05, 0.1) is 29.9 Å². The number of hydrogen-bond acceptors (Lipinski definition) is 5.